The van der Waals surface area contributed by atoms with Crippen LogP contribution in [0.5, 0.6) is 0 Å². The highest BCUT2D eigenvalue weighted by Crippen LogP contribution is 2.23. The lowest BCUT2D eigenvalue weighted by Crippen LogP contribution is -2.35. The van der Waals surface area contributed by atoms with Gasteiger partial charge in [-0.05, 0) is 43.5 Å². The first-order valence-electron chi connectivity index (χ1n) is 7.95. The first kappa shape index (κ1) is 16.7. The summed E-state index contributed by atoms with van der Waals surface area (Å²) in [4.78, 5) is 25.8. The van der Waals surface area contributed by atoms with Crippen LogP contribution in [0.25, 0.3) is 0 Å². The summed E-state index contributed by atoms with van der Waals surface area (Å²) in [5.74, 6) is -0.0149. The van der Waals surface area contributed by atoms with Crippen molar-refractivity contribution in [1.29, 1.82) is 0 Å². The van der Waals surface area contributed by atoms with Gasteiger partial charge in [-0.1, -0.05) is 11.3 Å². The normalized spacial score (nSPS) is 17.2. The highest BCUT2D eigenvalue weighted by molar-refractivity contribution is 7.07. The average molecular weight is 349 g/mol. The number of thiazole rings is 1. The molecule has 1 N–H and O–H groups in total. The van der Waals surface area contributed by atoms with Crippen molar-refractivity contribution in [2.45, 2.75) is 19.9 Å². The summed E-state index contributed by atoms with van der Waals surface area (Å²) in [5, 5.41) is 4.67. The van der Waals surface area contributed by atoms with Gasteiger partial charge in [-0.2, -0.15) is 0 Å². The molecule has 1 atom stereocenters. The largest absolute Gasteiger partial charge is 0.371 e. The van der Waals surface area contributed by atoms with Gasteiger partial charge in [-0.25, -0.2) is 4.39 Å². The lowest BCUT2D eigenvalue weighted by molar-refractivity contribution is -0.121. The Hall–Kier alpha value is -2.15. The van der Waals surface area contributed by atoms with Gasteiger partial charge in [-0.15, -0.1) is 0 Å². The summed E-state index contributed by atoms with van der Waals surface area (Å²) in [6, 6.07) is 6.49. The van der Waals surface area contributed by atoms with Crippen LogP contribution in [0.2, 0.25) is 0 Å². The molecular weight excluding hydrogens is 329 g/mol. The van der Waals surface area contributed by atoms with E-state index < -0.39 is 0 Å². The van der Waals surface area contributed by atoms with E-state index in [4.69, 9.17) is 0 Å². The number of hydrogen-bond donors (Lipinski definition) is 1. The number of hydrogen-bond acceptors (Lipinski definition) is 4. The molecule has 128 valence electrons. The van der Waals surface area contributed by atoms with Crippen LogP contribution in [0, 0.1) is 18.7 Å². The topological polar surface area (TPSA) is 54.3 Å². The zero-order chi connectivity index (χ0) is 17.1. The third-order valence-corrected chi connectivity index (χ3v) is 5.22. The molecular formula is C17H20FN3O2S. The maximum atomic E-state index is 13.0. The maximum absolute atomic E-state index is 13.0. The molecule has 1 aromatic heterocycles. The van der Waals surface area contributed by atoms with E-state index in [1.54, 1.807) is 17.5 Å². The van der Waals surface area contributed by atoms with Crippen LogP contribution in [0.3, 0.4) is 0 Å². The quantitative estimate of drug-likeness (QED) is 0.898. The second-order valence-corrected chi connectivity index (χ2v) is 6.93. The summed E-state index contributed by atoms with van der Waals surface area (Å²) < 4.78 is 14.5. The van der Waals surface area contributed by atoms with Gasteiger partial charge in [0.15, 0.2) is 0 Å². The monoisotopic (exact) mass is 349 g/mol. The molecule has 1 saturated heterocycles. The van der Waals surface area contributed by atoms with Gasteiger partial charge in [0.2, 0.25) is 5.91 Å². The molecule has 24 heavy (non-hydrogen) atoms. The van der Waals surface area contributed by atoms with Crippen molar-refractivity contribution in [3.63, 3.8) is 0 Å². The van der Waals surface area contributed by atoms with Crippen molar-refractivity contribution in [2.75, 3.05) is 24.5 Å². The van der Waals surface area contributed by atoms with E-state index in [0.29, 0.717) is 12.5 Å². The smallest absolute Gasteiger partial charge is 0.307 e. The molecule has 1 amide bonds. The zero-order valence-electron chi connectivity index (χ0n) is 13.5. The average Bonchev–Trinajstić information content (AvgIpc) is 3.16. The highest BCUT2D eigenvalue weighted by atomic mass is 32.1. The molecule has 2 heterocycles. The number of carbonyl (C=O) groups excluding carboxylic acids is 1. The van der Waals surface area contributed by atoms with Crippen LogP contribution < -0.4 is 15.1 Å². The Balaban J connectivity index is 1.48. The minimum atomic E-state index is -0.235. The van der Waals surface area contributed by atoms with E-state index in [-0.39, 0.29) is 23.1 Å². The number of rotatable bonds is 5. The molecule has 0 spiro atoms. The fourth-order valence-electron chi connectivity index (χ4n) is 2.94. The van der Waals surface area contributed by atoms with Gasteiger partial charge >= 0.3 is 4.87 Å². The number of aryl methyl sites for hydroxylation is 1. The predicted molar refractivity (Wildman–Crippen MR) is 93.0 cm³/mol. The number of nitrogens with zero attached hydrogens (tertiary/aromatic N) is 2. The van der Waals surface area contributed by atoms with Crippen LogP contribution >= 0.6 is 11.3 Å². The summed E-state index contributed by atoms with van der Waals surface area (Å²) in [5.41, 5.74) is 1.81. The molecule has 0 bridgehead atoms. The Morgan fingerprint density at radius 1 is 1.38 bits per heavy atom. The fourth-order valence-corrected chi connectivity index (χ4v) is 3.67. The Morgan fingerprint density at radius 3 is 2.79 bits per heavy atom. The van der Waals surface area contributed by atoms with Crippen molar-refractivity contribution in [3.05, 3.63) is 50.8 Å². The Kier molecular flexibility index (Phi) is 4.99. The van der Waals surface area contributed by atoms with E-state index >= 15 is 0 Å². The van der Waals surface area contributed by atoms with Crippen molar-refractivity contribution in [3.8, 4) is 0 Å². The van der Waals surface area contributed by atoms with Crippen LogP contribution in [-0.2, 0) is 11.3 Å². The van der Waals surface area contributed by atoms with E-state index in [0.717, 1.165) is 42.2 Å². The van der Waals surface area contributed by atoms with Gasteiger partial charge in [0.25, 0.3) is 0 Å². The lowest BCUT2D eigenvalue weighted by atomic mass is 10.1. The minimum Gasteiger partial charge on any atom is -0.371 e. The number of aromatic nitrogens is 1. The van der Waals surface area contributed by atoms with E-state index in [1.165, 1.54) is 16.7 Å². The van der Waals surface area contributed by atoms with Gasteiger partial charge in [-0.3, -0.25) is 14.2 Å². The van der Waals surface area contributed by atoms with Gasteiger partial charge < -0.3 is 10.2 Å². The molecule has 0 aliphatic carbocycles. The molecule has 0 radical (unpaired) electrons. The number of carbonyl (C=O) groups is 1. The molecule has 1 aliphatic rings. The molecule has 2 aromatic rings. The van der Waals surface area contributed by atoms with Crippen LogP contribution in [-0.4, -0.2) is 30.1 Å². The Morgan fingerprint density at radius 2 is 2.12 bits per heavy atom. The molecule has 7 heteroatoms. The summed E-state index contributed by atoms with van der Waals surface area (Å²) >= 11 is 1.11. The van der Waals surface area contributed by atoms with Gasteiger partial charge in [0, 0.05) is 36.4 Å². The minimum absolute atomic E-state index is 0.0720. The van der Waals surface area contributed by atoms with Crippen LogP contribution in [0.4, 0.5) is 10.1 Å². The Bertz CT molecular complexity index is 769. The second kappa shape index (κ2) is 7.17. The Labute approximate surface area is 143 Å². The number of anilines is 1. The summed E-state index contributed by atoms with van der Waals surface area (Å²) in [6.45, 7) is 4.22. The molecule has 1 fully saturated rings. The molecule has 1 unspecified atom stereocenters. The van der Waals surface area contributed by atoms with E-state index in [2.05, 4.69) is 10.2 Å². The van der Waals surface area contributed by atoms with E-state index in [1.807, 2.05) is 6.92 Å². The van der Waals surface area contributed by atoms with Crippen LogP contribution in [0.1, 0.15) is 12.1 Å². The molecule has 5 nitrogen and oxygen atoms in total. The molecule has 0 saturated carbocycles. The van der Waals surface area contributed by atoms with Crippen molar-refractivity contribution < 1.29 is 9.18 Å². The number of amides is 1. The standard InChI is InChI=1S/C17H20FN3O2S/c1-12-11-24-17(23)21(12)10-16(22)19-8-13-6-7-20(9-13)15-4-2-14(18)3-5-15/h2-5,11,13H,6-10H2,1H3,(H,19,22). The van der Waals surface area contributed by atoms with Gasteiger partial charge in [0.05, 0.1) is 0 Å². The summed E-state index contributed by atoms with van der Waals surface area (Å²) in [6.07, 6.45) is 0.981. The van der Waals surface area contributed by atoms with Crippen molar-refractivity contribution in [1.82, 2.24) is 9.88 Å². The van der Waals surface area contributed by atoms with Gasteiger partial charge in [0.1, 0.15) is 12.4 Å². The first-order chi connectivity index (χ1) is 11.5. The highest BCUT2D eigenvalue weighted by Gasteiger charge is 2.23. The first-order valence-corrected chi connectivity index (χ1v) is 8.83. The van der Waals surface area contributed by atoms with E-state index in [9.17, 15) is 14.0 Å². The molecule has 1 aromatic carbocycles. The predicted octanol–water partition coefficient (Wildman–Crippen LogP) is 2.00. The maximum Gasteiger partial charge on any atom is 0.307 e. The fraction of sp³-hybridized carbons (Fsp3) is 0.412. The zero-order valence-corrected chi connectivity index (χ0v) is 14.3. The van der Waals surface area contributed by atoms with Crippen molar-refractivity contribution in [2.24, 2.45) is 5.92 Å². The number of nitrogens with one attached hydrogen (secondary N) is 1. The third kappa shape index (κ3) is 3.84. The molecule has 1 aliphatic heterocycles. The number of halogens is 1. The SMILES string of the molecule is Cc1csc(=O)n1CC(=O)NCC1CCN(c2ccc(F)cc2)C1. The lowest BCUT2D eigenvalue weighted by Gasteiger charge is -2.19. The third-order valence-electron chi connectivity index (χ3n) is 4.34. The number of benzene rings is 1. The molecule has 3 rings (SSSR count). The second-order valence-electron chi connectivity index (χ2n) is 6.11. The summed E-state index contributed by atoms with van der Waals surface area (Å²) in [7, 11) is 0. The van der Waals surface area contributed by atoms with Crippen molar-refractivity contribution >= 4 is 22.9 Å². The van der Waals surface area contributed by atoms with Crippen LogP contribution in [0.15, 0.2) is 34.4 Å².